The van der Waals surface area contributed by atoms with E-state index < -0.39 is 6.10 Å². The van der Waals surface area contributed by atoms with E-state index in [-0.39, 0.29) is 24.0 Å². The molecule has 2 N–H and O–H groups in total. The number of benzene rings is 1. The van der Waals surface area contributed by atoms with Gasteiger partial charge in [-0.15, -0.1) is 11.3 Å². The zero-order valence-corrected chi connectivity index (χ0v) is 17.8. The van der Waals surface area contributed by atoms with Crippen molar-refractivity contribution >= 4 is 11.3 Å². The molecule has 0 bridgehead atoms. The van der Waals surface area contributed by atoms with Crippen LogP contribution in [0, 0.1) is 12.5 Å². The second-order valence-corrected chi connectivity index (χ2v) is 9.57. The topological polar surface area (TPSA) is 57.7 Å². The second-order valence-electron chi connectivity index (χ2n) is 8.59. The van der Waals surface area contributed by atoms with Gasteiger partial charge < -0.3 is 15.1 Å². The molecule has 1 aromatic carbocycles. The van der Waals surface area contributed by atoms with Gasteiger partial charge in [0.05, 0.1) is 17.2 Å². The van der Waals surface area contributed by atoms with Gasteiger partial charge in [-0.2, -0.15) is 0 Å². The average Bonchev–Trinajstić information content (AvgIpc) is 3.36. The number of aliphatic hydroxyl groups excluding tert-OH is 2. The predicted molar refractivity (Wildman–Crippen MR) is 116 cm³/mol. The second kappa shape index (κ2) is 8.95. The predicted octanol–water partition coefficient (Wildman–Crippen LogP) is 5.24. The summed E-state index contributed by atoms with van der Waals surface area (Å²) in [5, 5.41) is 24.5. The van der Waals surface area contributed by atoms with E-state index in [4.69, 9.17) is 6.57 Å². The van der Waals surface area contributed by atoms with E-state index in [1.165, 1.54) is 5.56 Å². The molecule has 4 rings (SSSR count). The molecule has 6 atom stereocenters. The van der Waals surface area contributed by atoms with Gasteiger partial charge in [0.15, 0.2) is 0 Å². The van der Waals surface area contributed by atoms with Crippen LogP contribution in [0.3, 0.4) is 0 Å². The SMILES string of the molecule is [C-]#[N+][C@@H]1C[C@@H](O)C(c2ccc3c(c2)C(CC)CCC3O)C1CCCc1nccs1. The monoisotopic (exact) mass is 410 g/mol. The minimum Gasteiger partial charge on any atom is -0.392 e. The molecule has 2 aliphatic rings. The Hall–Kier alpha value is -1.74. The molecule has 1 fully saturated rings. The first-order valence-corrected chi connectivity index (χ1v) is 11.7. The number of aliphatic hydroxyl groups is 2. The average molecular weight is 411 g/mol. The van der Waals surface area contributed by atoms with Crippen molar-refractivity contribution in [2.75, 3.05) is 0 Å². The Balaban J connectivity index is 1.58. The molecule has 154 valence electrons. The Morgan fingerprint density at radius 3 is 2.83 bits per heavy atom. The van der Waals surface area contributed by atoms with Gasteiger partial charge in [0, 0.05) is 29.8 Å². The lowest BCUT2D eigenvalue weighted by atomic mass is 9.76. The summed E-state index contributed by atoms with van der Waals surface area (Å²) >= 11 is 1.68. The number of nitrogens with zero attached hydrogens (tertiary/aromatic N) is 2. The number of rotatable bonds is 6. The van der Waals surface area contributed by atoms with Crippen molar-refractivity contribution in [3.63, 3.8) is 0 Å². The highest BCUT2D eigenvalue weighted by atomic mass is 32.1. The van der Waals surface area contributed by atoms with Crippen LogP contribution in [0.2, 0.25) is 0 Å². The minimum atomic E-state index is -0.467. The van der Waals surface area contributed by atoms with Crippen LogP contribution in [0.4, 0.5) is 0 Å². The summed E-state index contributed by atoms with van der Waals surface area (Å²) in [6.45, 7) is 9.87. The minimum absolute atomic E-state index is 0.00673. The first-order valence-electron chi connectivity index (χ1n) is 10.9. The van der Waals surface area contributed by atoms with Crippen molar-refractivity contribution in [2.24, 2.45) is 5.92 Å². The molecule has 0 radical (unpaired) electrons. The van der Waals surface area contributed by atoms with Gasteiger partial charge >= 0.3 is 0 Å². The van der Waals surface area contributed by atoms with E-state index in [2.05, 4.69) is 35.0 Å². The van der Waals surface area contributed by atoms with E-state index in [1.54, 1.807) is 11.3 Å². The third-order valence-electron chi connectivity index (χ3n) is 7.01. The fraction of sp³-hybridized carbons (Fsp3) is 0.583. The van der Waals surface area contributed by atoms with Crippen LogP contribution in [-0.4, -0.2) is 27.3 Å². The largest absolute Gasteiger partial charge is 0.392 e. The van der Waals surface area contributed by atoms with Crippen LogP contribution in [0.25, 0.3) is 4.85 Å². The van der Waals surface area contributed by atoms with Gasteiger partial charge in [-0.3, -0.25) is 0 Å². The van der Waals surface area contributed by atoms with Crippen molar-refractivity contribution in [3.8, 4) is 0 Å². The van der Waals surface area contributed by atoms with Crippen molar-refractivity contribution in [1.82, 2.24) is 4.98 Å². The van der Waals surface area contributed by atoms with Crippen LogP contribution in [0.15, 0.2) is 29.8 Å². The van der Waals surface area contributed by atoms with Crippen LogP contribution < -0.4 is 0 Å². The number of fused-ring (bicyclic) bond motifs is 1. The molecule has 0 spiro atoms. The molecule has 29 heavy (non-hydrogen) atoms. The first-order chi connectivity index (χ1) is 14.1. The normalized spacial score (nSPS) is 31.4. The van der Waals surface area contributed by atoms with Gasteiger partial charge in [0.2, 0.25) is 6.04 Å². The molecule has 2 aromatic rings. The van der Waals surface area contributed by atoms with E-state index >= 15 is 0 Å². The molecule has 0 saturated heterocycles. The third kappa shape index (κ3) is 4.12. The Bertz CT molecular complexity index is 860. The lowest BCUT2D eigenvalue weighted by Crippen LogP contribution is -2.21. The number of aryl methyl sites for hydroxylation is 1. The van der Waals surface area contributed by atoms with Crippen molar-refractivity contribution in [2.45, 2.75) is 82.0 Å². The van der Waals surface area contributed by atoms with Crippen molar-refractivity contribution in [3.05, 3.63) is 62.9 Å². The Kier molecular flexibility index (Phi) is 6.34. The summed E-state index contributed by atoms with van der Waals surface area (Å²) in [7, 11) is 0. The molecule has 2 aliphatic carbocycles. The number of hydrogen-bond donors (Lipinski definition) is 2. The maximum Gasteiger partial charge on any atom is 0.229 e. The van der Waals surface area contributed by atoms with Crippen LogP contribution in [-0.2, 0) is 6.42 Å². The van der Waals surface area contributed by atoms with Gasteiger partial charge in [0.25, 0.3) is 0 Å². The van der Waals surface area contributed by atoms with E-state index in [1.807, 2.05) is 11.6 Å². The zero-order valence-electron chi connectivity index (χ0n) is 17.0. The molecule has 1 heterocycles. The summed E-state index contributed by atoms with van der Waals surface area (Å²) in [5.74, 6) is 0.660. The number of aromatic nitrogens is 1. The van der Waals surface area contributed by atoms with Crippen LogP contribution in [0.5, 0.6) is 0 Å². The lowest BCUT2D eigenvalue weighted by molar-refractivity contribution is 0.148. The molecule has 0 aliphatic heterocycles. The fourth-order valence-corrected chi connectivity index (χ4v) is 6.16. The van der Waals surface area contributed by atoms with E-state index in [0.717, 1.165) is 54.7 Å². The van der Waals surface area contributed by atoms with E-state index in [0.29, 0.717) is 12.3 Å². The number of thiazole rings is 1. The summed E-state index contributed by atoms with van der Waals surface area (Å²) in [6, 6.07) is 6.28. The lowest BCUT2D eigenvalue weighted by Gasteiger charge is -2.30. The van der Waals surface area contributed by atoms with Crippen LogP contribution >= 0.6 is 11.3 Å². The smallest absolute Gasteiger partial charge is 0.229 e. The maximum atomic E-state index is 10.9. The highest BCUT2D eigenvalue weighted by molar-refractivity contribution is 7.09. The van der Waals surface area contributed by atoms with Gasteiger partial charge in [-0.1, -0.05) is 25.1 Å². The molecule has 4 nitrogen and oxygen atoms in total. The van der Waals surface area contributed by atoms with Gasteiger partial charge in [0.1, 0.15) is 0 Å². The van der Waals surface area contributed by atoms with Crippen LogP contribution in [0.1, 0.15) is 85.1 Å². The van der Waals surface area contributed by atoms with E-state index in [9.17, 15) is 10.2 Å². The van der Waals surface area contributed by atoms with Gasteiger partial charge in [-0.25, -0.2) is 11.6 Å². The third-order valence-corrected chi connectivity index (χ3v) is 7.85. The zero-order chi connectivity index (χ0) is 20.4. The molecular weight excluding hydrogens is 380 g/mol. The Morgan fingerprint density at radius 1 is 1.24 bits per heavy atom. The highest BCUT2D eigenvalue weighted by Crippen LogP contribution is 2.47. The van der Waals surface area contributed by atoms with Crippen molar-refractivity contribution < 1.29 is 10.2 Å². The summed E-state index contributed by atoms with van der Waals surface area (Å²) in [4.78, 5) is 8.25. The van der Waals surface area contributed by atoms with Gasteiger partial charge in [-0.05, 0) is 61.1 Å². The molecule has 1 aromatic heterocycles. The quantitative estimate of drug-likeness (QED) is 0.640. The summed E-state index contributed by atoms with van der Waals surface area (Å²) in [6.07, 6.45) is 7.35. The van der Waals surface area contributed by atoms with Crippen molar-refractivity contribution in [1.29, 1.82) is 0 Å². The summed E-state index contributed by atoms with van der Waals surface area (Å²) in [5.41, 5.74) is 3.46. The molecule has 1 saturated carbocycles. The molecule has 5 heteroatoms. The Morgan fingerprint density at radius 2 is 2.10 bits per heavy atom. The molecule has 4 unspecified atom stereocenters. The standard InChI is InChI=1S/C24H30N2O2S/c1-3-15-8-10-21(27)17-9-7-16(13-19(15)17)24-18(20(25-2)14-22(24)28)5-4-6-23-26-11-12-29-23/h7,9,11-13,15,18,20-22,24,27-28H,3-6,8,10,14H2,1H3/t15?,18?,20-,21?,22-,24?/m1/s1. The summed E-state index contributed by atoms with van der Waals surface area (Å²) < 4.78 is 0. The highest BCUT2D eigenvalue weighted by Gasteiger charge is 2.47. The fourth-order valence-electron chi connectivity index (χ4n) is 5.50. The first kappa shape index (κ1) is 20.5. The molecular formula is C24H30N2O2S. The Labute approximate surface area is 177 Å². The number of hydrogen-bond acceptors (Lipinski definition) is 4. The molecule has 0 amide bonds. The maximum absolute atomic E-state index is 10.9.